The molecule has 2 N–H and O–H groups in total. The number of benzene rings is 1. The van der Waals surface area contributed by atoms with Crippen molar-refractivity contribution in [1.29, 1.82) is 0 Å². The molecule has 1 aliphatic rings. The molecule has 0 spiro atoms. The minimum absolute atomic E-state index is 0.208. The van der Waals surface area contributed by atoms with Crippen molar-refractivity contribution in [2.45, 2.75) is 25.6 Å². The van der Waals surface area contributed by atoms with Crippen molar-refractivity contribution >= 4 is 62.5 Å². The molecule has 0 aliphatic carbocycles. The van der Waals surface area contributed by atoms with E-state index >= 15 is 0 Å². The lowest BCUT2D eigenvalue weighted by molar-refractivity contribution is -0.142. The number of fused-ring (bicyclic) bond motifs is 1. The topological polar surface area (TPSA) is 78.3 Å². The molecular formula is C20H17Cl2F3N4O2S. The molecule has 170 valence electrons. The largest absolute Gasteiger partial charge is 0.481 e. The fraction of sp³-hybridized carbons (Fsp3) is 0.350. The highest BCUT2D eigenvalue weighted by Gasteiger charge is 2.34. The van der Waals surface area contributed by atoms with E-state index in [0.717, 1.165) is 11.6 Å². The zero-order chi connectivity index (χ0) is 23.0. The summed E-state index contributed by atoms with van der Waals surface area (Å²) in [4.78, 5) is 21.3. The van der Waals surface area contributed by atoms with Gasteiger partial charge in [-0.3, -0.25) is 4.79 Å². The van der Waals surface area contributed by atoms with Crippen LogP contribution in [0.4, 0.5) is 24.9 Å². The number of carbonyl (C=O) groups is 1. The van der Waals surface area contributed by atoms with Crippen molar-refractivity contribution in [1.82, 2.24) is 9.97 Å². The maximum Gasteiger partial charge on any atom is 0.425 e. The third-order valence-corrected chi connectivity index (χ3v) is 7.04. The van der Waals surface area contributed by atoms with Gasteiger partial charge in [-0.15, -0.1) is 11.3 Å². The summed E-state index contributed by atoms with van der Waals surface area (Å²) in [5, 5.41) is 13.3. The van der Waals surface area contributed by atoms with Crippen LogP contribution < -0.4 is 10.2 Å². The van der Waals surface area contributed by atoms with Gasteiger partial charge < -0.3 is 15.3 Å². The van der Waals surface area contributed by atoms with Gasteiger partial charge >= 0.3 is 12.1 Å². The van der Waals surface area contributed by atoms with E-state index in [-0.39, 0.29) is 28.5 Å². The second kappa shape index (κ2) is 8.92. The lowest BCUT2D eigenvalue weighted by atomic mass is 9.97. The van der Waals surface area contributed by atoms with E-state index in [2.05, 4.69) is 15.3 Å². The molecule has 0 bridgehead atoms. The Hall–Kier alpha value is -2.30. The lowest BCUT2D eigenvalue weighted by Gasteiger charge is -2.30. The van der Waals surface area contributed by atoms with Crippen LogP contribution in [0, 0.1) is 5.92 Å². The number of alkyl halides is 3. The van der Waals surface area contributed by atoms with Crippen molar-refractivity contribution in [2.24, 2.45) is 5.92 Å². The molecule has 3 aromatic rings. The molecule has 4 rings (SSSR count). The van der Waals surface area contributed by atoms with Crippen LogP contribution in [-0.4, -0.2) is 34.1 Å². The number of hydrogen-bond acceptors (Lipinski definition) is 6. The molecule has 1 saturated heterocycles. The van der Waals surface area contributed by atoms with Crippen LogP contribution in [-0.2, 0) is 17.5 Å². The Balaban J connectivity index is 1.66. The number of aromatic nitrogens is 2. The highest BCUT2D eigenvalue weighted by molar-refractivity contribution is 7.18. The molecule has 6 nitrogen and oxygen atoms in total. The number of anilines is 2. The number of carboxylic acids is 1. The molecular weight excluding hydrogens is 488 g/mol. The van der Waals surface area contributed by atoms with Crippen molar-refractivity contribution in [3.05, 3.63) is 44.8 Å². The zero-order valence-electron chi connectivity index (χ0n) is 16.4. The summed E-state index contributed by atoms with van der Waals surface area (Å²) in [7, 11) is 0. The summed E-state index contributed by atoms with van der Waals surface area (Å²) in [5.74, 6) is -0.754. The Bertz CT molecular complexity index is 1160. The molecule has 0 amide bonds. The molecule has 0 unspecified atom stereocenters. The molecule has 1 fully saturated rings. The van der Waals surface area contributed by atoms with Crippen LogP contribution >= 0.6 is 34.5 Å². The molecule has 0 atom stereocenters. The average molecular weight is 505 g/mol. The number of nitrogens with one attached hydrogen (secondary N) is 1. The van der Waals surface area contributed by atoms with Crippen LogP contribution in [0.2, 0.25) is 10.0 Å². The van der Waals surface area contributed by atoms with E-state index in [4.69, 9.17) is 23.2 Å². The van der Waals surface area contributed by atoms with Gasteiger partial charge in [-0.2, -0.15) is 18.2 Å². The number of rotatable bonds is 5. The SMILES string of the molecule is O=C(O)C1CCN(c2nc(NCc3ccc(Cl)c(Cl)c3)c3cc(C(F)(F)F)sc3n2)CC1. The Kier molecular flexibility index (Phi) is 6.37. The highest BCUT2D eigenvalue weighted by Crippen LogP contribution is 2.40. The van der Waals surface area contributed by atoms with Gasteiger partial charge in [0.1, 0.15) is 15.5 Å². The fourth-order valence-corrected chi connectivity index (χ4v) is 4.70. The molecule has 0 saturated carbocycles. The zero-order valence-corrected chi connectivity index (χ0v) is 18.7. The van der Waals surface area contributed by atoms with Crippen LogP contribution in [0.25, 0.3) is 10.2 Å². The van der Waals surface area contributed by atoms with E-state index < -0.39 is 22.9 Å². The van der Waals surface area contributed by atoms with Crippen LogP contribution in [0.15, 0.2) is 24.3 Å². The van der Waals surface area contributed by atoms with E-state index in [1.165, 1.54) is 0 Å². The quantitative estimate of drug-likeness (QED) is 0.448. The van der Waals surface area contributed by atoms with Crippen LogP contribution in [0.5, 0.6) is 0 Å². The van der Waals surface area contributed by atoms with Crippen LogP contribution in [0.3, 0.4) is 0 Å². The minimum Gasteiger partial charge on any atom is -0.481 e. The summed E-state index contributed by atoms with van der Waals surface area (Å²) >= 11 is 12.5. The van der Waals surface area contributed by atoms with E-state index in [1.807, 2.05) is 0 Å². The second-order valence-corrected chi connectivity index (χ2v) is 9.25. The summed E-state index contributed by atoms with van der Waals surface area (Å²) in [5.41, 5.74) is 0.779. The second-order valence-electron chi connectivity index (χ2n) is 7.40. The number of nitrogens with zero attached hydrogens (tertiary/aromatic N) is 3. The first-order valence-electron chi connectivity index (χ1n) is 9.66. The standard InChI is InChI=1S/C20H17Cl2F3N4O2S/c21-13-2-1-10(7-14(13)22)9-26-16-12-8-15(20(23,24)25)32-17(12)28-19(27-16)29-5-3-11(4-6-29)18(30)31/h1-2,7-8,11H,3-6,9H2,(H,30,31)(H,26,27,28). The van der Waals surface area contributed by atoms with Crippen molar-refractivity contribution in [3.8, 4) is 0 Å². The Morgan fingerprint density at radius 2 is 1.91 bits per heavy atom. The highest BCUT2D eigenvalue weighted by atomic mass is 35.5. The van der Waals surface area contributed by atoms with E-state index in [0.29, 0.717) is 47.3 Å². The molecule has 3 heterocycles. The number of aliphatic carboxylic acids is 1. The van der Waals surface area contributed by atoms with Gasteiger partial charge in [0.05, 0.1) is 21.3 Å². The number of halogens is 5. The summed E-state index contributed by atoms with van der Waals surface area (Å²) < 4.78 is 39.9. The van der Waals surface area contributed by atoms with Crippen LogP contribution in [0.1, 0.15) is 23.3 Å². The van der Waals surface area contributed by atoms with Crippen molar-refractivity contribution in [2.75, 3.05) is 23.3 Å². The molecule has 32 heavy (non-hydrogen) atoms. The number of hydrogen-bond donors (Lipinski definition) is 2. The molecule has 2 aromatic heterocycles. The Morgan fingerprint density at radius 3 is 2.53 bits per heavy atom. The van der Waals surface area contributed by atoms with Gasteiger partial charge in [-0.05, 0) is 36.6 Å². The van der Waals surface area contributed by atoms with Gasteiger partial charge in [0.25, 0.3) is 0 Å². The minimum atomic E-state index is -4.49. The first-order valence-corrected chi connectivity index (χ1v) is 11.2. The monoisotopic (exact) mass is 504 g/mol. The van der Waals surface area contributed by atoms with Gasteiger partial charge in [0, 0.05) is 19.6 Å². The number of thiophene rings is 1. The average Bonchev–Trinajstić information content (AvgIpc) is 3.19. The van der Waals surface area contributed by atoms with Gasteiger partial charge in [0.15, 0.2) is 0 Å². The number of piperidine rings is 1. The van der Waals surface area contributed by atoms with Gasteiger partial charge in [-0.25, -0.2) is 4.98 Å². The fourth-order valence-electron chi connectivity index (χ4n) is 3.49. The maximum absolute atomic E-state index is 13.3. The third-order valence-electron chi connectivity index (χ3n) is 5.23. The maximum atomic E-state index is 13.3. The third kappa shape index (κ3) is 4.87. The first-order chi connectivity index (χ1) is 15.1. The first kappa shape index (κ1) is 22.9. The van der Waals surface area contributed by atoms with Gasteiger partial charge in [0.2, 0.25) is 5.95 Å². The number of carboxylic acid groups (broad SMARTS) is 1. The van der Waals surface area contributed by atoms with Crippen molar-refractivity contribution in [3.63, 3.8) is 0 Å². The summed E-state index contributed by atoms with van der Waals surface area (Å²) in [6.45, 7) is 1.08. The molecule has 1 aliphatic heterocycles. The molecule has 12 heteroatoms. The Labute approximate surface area is 195 Å². The predicted octanol–water partition coefficient (Wildman–Crippen LogP) is 5.93. The summed E-state index contributed by atoms with van der Waals surface area (Å²) in [6.07, 6.45) is -3.66. The lowest BCUT2D eigenvalue weighted by Crippen LogP contribution is -2.37. The smallest absolute Gasteiger partial charge is 0.425 e. The van der Waals surface area contributed by atoms with E-state index in [1.54, 1.807) is 23.1 Å². The Morgan fingerprint density at radius 1 is 1.19 bits per heavy atom. The van der Waals surface area contributed by atoms with E-state index in [9.17, 15) is 23.1 Å². The molecule has 1 aromatic carbocycles. The van der Waals surface area contributed by atoms with Gasteiger partial charge in [-0.1, -0.05) is 29.3 Å². The predicted molar refractivity (Wildman–Crippen MR) is 119 cm³/mol. The summed E-state index contributed by atoms with van der Waals surface area (Å²) in [6, 6.07) is 6.10. The molecule has 0 radical (unpaired) electrons. The normalized spacial score (nSPS) is 15.3. The van der Waals surface area contributed by atoms with Crippen molar-refractivity contribution < 1.29 is 23.1 Å².